The van der Waals surface area contributed by atoms with Gasteiger partial charge in [-0.05, 0) is 30.7 Å². The molecule has 1 atom stereocenters. The standard InChI is InChI=1S/C26H33F4NO4/c1-24(2)34-17-20-15-19(9-10-23(20)35-24)22(32)16-31-13-6-11-25(27,28)12-14-33-18-26(29,30)21-7-4-3-5-8-21/h3-5,7-10,15,22,31-32H,6,11-14,16-18H2,1-2H3. The highest BCUT2D eigenvalue weighted by Crippen LogP contribution is 2.33. The molecule has 1 unspecified atom stereocenters. The normalized spacial score (nSPS) is 16.4. The van der Waals surface area contributed by atoms with Gasteiger partial charge in [-0.15, -0.1) is 0 Å². The van der Waals surface area contributed by atoms with Crippen LogP contribution in [-0.4, -0.2) is 43.1 Å². The highest BCUT2D eigenvalue weighted by atomic mass is 19.3. The van der Waals surface area contributed by atoms with E-state index in [0.29, 0.717) is 17.9 Å². The number of aliphatic hydroxyl groups is 1. The molecular formula is C26H33F4NO4. The predicted octanol–water partition coefficient (Wildman–Crippen LogP) is 5.57. The van der Waals surface area contributed by atoms with Crippen LogP contribution in [0.5, 0.6) is 5.75 Å². The van der Waals surface area contributed by atoms with Gasteiger partial charge in [-0.3, -0.25) is 0 Å². The Morgan fingerprint density at radius 2 is 1.83 bits per heavy atom. The van der Waals surface area contributed by atoms with Crippen LogP contribution in [0.3, 0.4) is 0 Å². The second-order valence-electron chi connectivity index (χ2n) is 9.21. The number of nitrogens with one attached hydrogen (secondary N) is 1. The molecule has 0 aromatic heterocycles. The van der Waals surface area contributed by atoms with Crippen LogP contribution in [-0.2, 0) is 22.0 Å². The van der Waals surface area contributed by atoms with E-state index < -0.39 is 49.8 Å². The largest absolute Gasteiger partial charge is 0.463 e. The van der Waals surface area contributed by atoms with Crippen LogP contribution < -0.4 is 10.1 Å². The van der Waals surface area contributed by atoms with Crippen molar-refractivity contribution in [3.63, 3.8) is 0 Å². The van der Waals surface area contributed by atoms with E-state index in [0.717, 1.165) is 5.56 Å². The Kier molecular flexibility index (Phi) is 9.15. The monoisotopic (exact) mass is 499 g/mol. The number of hydrogen-bond acceptors (Lipinski definition) is 5. The minimum absolute atomic E-state index is 0.168. The van der Waals surface area contributed by atoms with Crippen molar-refractivity contribution in [1.82, 2.24) is 5.32 Å². The lowest BCUT2D eigenvalue weighted by molar-refractivity contribution is -0.180. The van der Waals surface area contributed by atoms with Crippen LogP contribution in [0, 0.1) is 0 Å². The van der Waals surface area contributed by atoms with Crippen LogP contribution in [0.4, 0.5) is 17.6 Å². The molecule has 9 heteroatoms. The summed E-state index contributed by atoms with van der Waals surface area (Å²) in [6.45, 7) is 3.11. The van der Waals surface area contributed by atoms with Crippen LogP contribution in [0.25, 0.3) is 0 Å². The summed E-state index contributed by atoms with van der Waals surface area (Å²) in [5, 5.41) is 13.4. The zero-order valence-electron chi connectivity index (χ0n) is 20.0. The summed E-state index contributed by atoms with van der Waals surface area (Å²) in [5.41, 5.74) is 1.31. The second kappa shape index (κ2) is 11.7. The number of ether oxygens (including phenoxy) is 3. The SMILES string of the molecule is CC1(C)OCc2cc(C(O)CNCCCC(F)(F)CCOCC(F)(F)c3ccccc3)ccc2O1. The third-order valence-corrected chi connectivity index (χ3v) is 5.73. The minimum atomic E-state index is -3.23. The van der Waals surface area contributed by atoms with Gasteiger partial charge < -0.3 is 24.6 Å². The minimum Gasteiger partial charge on any atom is -0.463 e. The third kappa shape index (κ3) is 8.45. The van der Waals surface area contributed by atoms with Crippen LogP contribution in [0.1, 0.15) is 55.9 Å². The highest BCUT2D eigenvalue weighted by molar-refractivity contribution is 5.39. The number of halogens is 4. The Morgan fingerprint density at radius 3 is 2.57 bits per heavy atom. The summed E-state index contributed by atoms with van der Waals surface area (Å²) in [5.74, 6) is -6.24. The van der Waals surface area contributed by atoms with Gasteiger partial charge in [0.05, 0.1) is 19.3 Å². The molecule has 2 aromatic rings. The van der Waals surface area contributed by atoms with Crippen molar-refractivity contribution in [3.8, 4) is 5.75 Å². The quantitative estimate of drug-likeness (QED) is 0.279. The van der Waals surface area contributed by atoms with Crippen molar-refractivity contribution in [2.75, 3.05) is 26.3 Å². The number of hydrogen-bond donors (Lipinski definition) is 2. The first-order valence-electron chi connectivity index (χ1n) is 11.7. The Bertz CT molecular complexity index is 940. The summed E-state index contributed by atoms with van der Waals surface area (Å²) >= 11 is 0. The molecule has 0 aliphatic carbocycles. The van der Waals surface area contributed by atoms with E-state index in [2.05, 4.69) is 5.32 Å². The zero-order chi connectivity index (χ0) is 25.5. The van der Waals surface area contributed by atoms with Gasteiger partial charge in [-0.2, -0.15) is 8.78 Å². The molecule has 0 saturated heterocycles. The number of rotatable bonds is 13. The fourth-order valence-electron chi connectivity index (χ4n) is 3.71. The van der Waals surface area contributed by atoms with Crippen molar-refractivity contribution in [2.45, 2.75) is 63.5 Å². The molecule has 0 radical (unpaired) electrons. The van der Waals surface area contributed by atoms with Gasteiger partial charge in [0.1, 0.15) is 12.4 Å². The summed E-state index contributed by atoms with van der Waals surface area (Å²) in [4.78, 5) is 0. The summed E-state index contributed by atoms with van der Waals surface area (Å²) < 4.78 is 72.3. The lowest BCUT2D eigenvalue weighted by Gasteiger charge is -2.33. The number of fused-ring (bicyclic) bond motifs is 1. The van der Waals surface area contributed by atoms with Gasteiger partial charge in [-0.25, -0.2) is 8.78 Å². The van der Waals surface area contributed by atoms with Crippen molar-refractivity contribution >= 4 is 0 Å². The predicted molar refractivity (Wildman–Crippen MR) is 124 cm³/mol. The average molecular weight is 500 g/mol. The summed E-state index contributed by atoms with van der Waals surface area (Å²) in [6, 6.07) is 12.5. The average Bonchev–Trinajstić information content (AvgIpc) is 2.81. The first kappa shape index (κ1) is 27.4. The molecule has 3 rings (SSSR count). The smallest absolute Gasteiger partial charge is 0.296 e. The second-order valence-corrected chi connectivity index (χ2v) is 9.21. The molecule has 0 bridgehead atoms. The maximum Gasteiger partial charge on any atom is 0.296 e. The van der Waals surface area contributed by atoms with Gasteiger partial charge in [0.25, 0.3) is 5.92 Å². The van der Waals surface area contributed by atoms with E-state index >= 15 is 0 Å². The van der Waals surface area contributed by atoms with Gasteiger partial charge in [0.2, 0.25) is 11.7 Å². The number of aliphatic hydroxyl groups excluding tert-OH is 1. The lowest BCUT2D eigenvalue weighted by Crippen LogP contribution is -2.35. The Morgan fingerprint density at radius 1 is 1.09 bits per heavy atom. The van der Waals surface area contributed by atoms with Crippen molar-refractivity contribution in [2.24, 2.45) is 0 Å². The number of alkyl halides is 4. The molecule has 0 amide bonds. The highest BCUT2D eigenvalue weighted by Gasteiger charge is 2.33. The number of benzene rings is 2. The molecule has 35 heavy (non-hydrogen) atoms. The molecule has 5 nitrogen and oxygen atoms in total. The molecule has 0 spiro atoms. The van der Waals surface area contributed by atoms with Gasteiger partial charge in [-0.1, -0.05) is 36.4 Å². The first-order valence-corrected chi connectivity index (χ1v) is 11.7. The molecule has 1 aliphatic heterocycles. The van der Waals surface area contributed by atoms with E-state index in [4.69, 9.17) is 14.2 Å². The molecule has 1 heterocycles. The van der Waals surface area contributed by atoms with Gasteiger partial charge in [0.15, 0.2) is 0 Å². The van der Waals surface area contributed by atoms with Gasteiger partial charge in [0, 0.05) is 44.4 Å². The molecular weight excluding hydrogens is 466 g/mol. The fraction of sp³-hybridized carbons (Fsp3) is 0.538. The van der Waals surface area contributed by atoms with Crippen molar-refractivity contribution in [3.05, 3.63) is 65.2 Å². The van der Waals surface area contributed by atoms with E-state index in [1.165, 1.54) is 24.3 Å². The first-order chi connectivity index (χ1) is 16.5. The maximum absolute atomic E-state index is 14.1. The van der Waals surface area contributed by atoms with E-state index in [9.17, 15) is 22.7 Å². The summed E-state index contributed by atoms with van der Waals surface area (Å²) in [6.07, 6.45) is -1.68. The third-order valence-electron chi connectivity index (χ3n) is 5.73. The molecule has 2 aromatic carbocycles. The van der Waals surface area contributed by atoms with E-state index in [-0.39, 0.29) is 25.1 Å². The van der Waals surface area contributed by atoms with E-state index in [1.54, 1.807) is 18.2 Å². The molecule has 0 fully saturated rings. The zero-order valence-corrected chi connectivity index (χ0v) is 20.0. The van der Waals surface area contributed by atoms with Crippen LogP contribution in [0.2, 0.25) is 0 Å². The Labute approximate surface area is 203 Å². The molecule has 2 N–H and O–H groups in total. The lowest BCUT2D eigenvalue weighted by atomic mass is 10.0. The van der Waals surface area contributed by atoms with Crippen molar-refractivity contribution < 1.29 is 36.9 Å². The topological polar surface area (TPSA) is 60.0 Å². The van der Waals surface area contributed by atoms with Crippen LogP contribution in [0.15, 0.2) is 48.5 Å². The molecule has 0 saturated carbocycles. The fourth-order valence-corrected chi connectivity index (χ4v) is 3.71. The van der Waals surface area contributed by atoms with E-state index in [1.807, 2.05) is 19.9 Å². The molecule has 194 valence electrons. The Balaban J connectivity index is 1.31. The Hall–Kier alpha value is -2.20. The van der Waals surface area contributed by atoms with Crippen molar-refractivity contribution in [1.29, 1.82) is 0 Å². The summed E-state index contributed by atoms with van der Waals surface area (Å²) in [7, 11) is 0. The molecule has 1 aliphatic rings. The maximum atomic E-state index is 14.1. The van der Waals surface area contributed by atoms with Crippen LogP contribution >= 0.6 is 0 Å². The van der Waals surface area contributed by atoms with Gasteiger partial charge >= 0.3 is 0 Å².